The number of piperazine rings is 1. The quantitative estimate of drug-likeness (QED) is 0.0520. The minimum Gasteiger partial charge on any atom is -0.458 e. The third kappa shape index (κ3) is 11.9. The molecule has 0 radical (unpaired) electrons. The summed E-state index contributed by atoms with van der Waals surface area (Å²) < 4.78 is 25.5. The predicted octanol–water partition coefficient (Wildman–Crippen LogP) is 7.05. The Morgan fingerprint density at radius 1 is 0.869 bits per heavy atom. The van der Waals surface area contributed by atoms with Crippen LogP contribution >= 0.6 is 0 Å². The van der Waals surface area contributed by atoms with E-state index in [2.05, 4.69) is 25.9 Å². The summed E-state index contributed by atoms with van der Waals surface area (Å²) >= 11 is 0. The first-order valence-corrected chi connectivity index (χ1v) is 20.8. The van der Waals surface area contributed by atoms with E-state index in [0.717, 1.165) is 22.0 Å². The van der Waals surface area contributed by atoms with Crippen LogP contribution in [0, 0.1) is 5.82 Å². The number of amides is 4. The van der Waals surface area contributed by atoms with Crippen LogP contribution in [-0.4, -0.2) is 88.2 Å². The zero-order valence-corrected chi connectivity index (χ0v) is 35.6. The molecule has 3 aromatic carbocycles. The van der Waals surface area contributed by atoms with Gasteiger partial charge >= 0.3 is 18.1 Å². The summed E-state index contributed by atoms with van der Waals surface area (Å²) in [5.41, 5.74) is 1.84. The number of aromatic nitrogens is 3. The number of fused-ring (bicyclic) bond motifs is 1. The fourth-order valence-electron chi connectivity index (χ4n) is 7.19. The summed E-state index contributed by atoms with van der Waals surface area (Å²) in [6, 6.07) is 22.1. The average Bonchev–Trinajstić information content (AvgIpc) is 3.91. The number of carbonyl (C=O) groups excluding carboxylic acids is 4. The van der Waals surface area contributed by atoms with Gasteiger partial charge in [-0.3, -0.25) is 4.79 Å². The van der Waals surface area contributed by atoms with E-state index in [-0.39, 0.29) is 24.9 Å². The molecule has 324 valence electrons. The highest BCUT2D eigenvalue weighted by atomic mass is 19.1. The van der Waals surface area contributed by atoms with Crippen molar-refractivity contribution < 1.29 is 33.0 Å². The lowest BCUT2D eigenvalue weighted by atomic mass is 9.88. The van der Waals surface area contributed by atoms with Gasteiger partial charge in [0.15, 0.2) is 0 Å². The van der Waals surface area contributed by atoms with E-state index >= 15 is 0 Å². The Labute approximate surface area is 356 Å². The minimum absolute atomic E-state index is 0.156. The van der Waals surface area contributed by atoms with Crippen molar-refractivity contribution in [3.63, 3.8) is 0 Å². The summed E-state index contributed by atoms with van der Waals surface area (Å²) in [6.45, 7) is 11.0. The first-order valence-electron chi connectivity index (χ1n) is 20.8. The number of nitrogens with one attached hydrogen (secondary N) is 5. The van der Waals surface area contributed by atoms with Crippen molar-refractivity contribution in [2.45, 2.75) is 90.0 Å². The van der Waals surface area contributed by atoms with E-state index in [9.17, 15) is 23.6 Å². The largest absolute Gasteiger partial charge is 0.458 e. The molecule has 0 bridgehead atoms. The van der Waals surface area contributed by atoms with Crippen molar-refractivity contribution >= 4 is 40.6 Å². The Kier molecular flexibility index (Phi) is 14.3. The van der Waals surface area contributed by atoms with Gasteiger partial charge in [0.05, 0.1) is 17.1 Å². The number of ether oxygens (including phenoxy) is 2. The van der Waals surface area contributed by atoms with Gasteiger partial charge in [-0.15, -0.1) is 0 Å². The number of H-pyrrole nitrogens is 2. The van der Waals surface area contributed by atoms with Gasteiger partial charge in [-0.2, -0.15) is 0 Å². The van der Waals surface area contributed by atoms with Gasteiger partial charge in [-0.1, -0.05) is 60.7 Å². The molecule has 1 aliphatic rings. The van der Waals surface area contributed by atoms with Crippen molar-refractivity contribution in [1.82, 2.24) is 35.8 Å². The number of halogens is 1. The molecule has 5 aromatic rings. The Morgan fingerprint density at radius 2 is 1.57 bits per heavy atom. The molecule has 14 nitrogen and oxygen atoms in total. The van der Waals surface area contributed by atoms with Gasteiger partial charge in [-0.25, -0.2) is 23.8 Å². The molecule has 6 rings (SSSR count). The fourth-order valence-corrected chi connectivity index (χ4v) is 7.19. The van der Waals surface area contributed by atoms with Crippen molar-refractivity contribution in [3.8, 4) is 0 Å². The molecule has 1 aliphatic heterocycles. The normalized spacial score (nSPS) is 14.3. The first kappa shape index (κ1) is 44.2. The lowest BCUT2D eigenvalue weighted by Crippen LogP contribution is -2.52. The van der Waals surface area contributed by atoms with Crippen molar-refractivity contribution in [2.75, 3.05) is 37.6 Å². The maximum absolute atomic E-state index is 14.5. The average molecular weight is 837 g/mol. The number of alkyl carbamates (subject to hydrolysis) is 1. The van der Waals surface area contributed by atoms with E-state index in [1.165, 1.54) is 6.07 Å². The zero-order valence-electron chi connectivity index (χ0n) is 35.6. The maximum atomic E-state index is 14.5. The topological polar surface area (TPSA) is 174 Å². The second-order valence-corrected chi connectivity index (χ2v) is 16.8. The van der Waals surface area contributed by atoms with Crippen LogP contribution in [0.5, 0.6) is 0 Å². The van der Waals surface area contributed by atoms with E-state index in [1.807, 2.05) is 65.7 Å². The smallest absolute Gasteiger partial charge is 0.407 e. The van der Waals surface area contributed by atoms with E-state index in [4.69, 9.17) is 14.5 Å². The molecule has 2 atom stereocenters. The molecule has 61 heavy (non-hydrogen) atoms. The van der Waals surface area contributed by atoms with Gasteiger partial charge in [0.1, 0.15) is 29.9 Å². The number of rotatable bonds is 16. The molecular formula is C46H57FN8O6. The van der Waals surface area contributed by atoms with Crippen molar-refractivity contribution in [2.24, 2.45) is 0 Å². The second-order valence-electron chi connectivity index (χ2n) is 16.8. The molecule has 0 saturated carbocycles. The summed E-state index contributed by atoms with van der Waals surface area (Å²) in [5.74, 6) is -0.828. The molecule has 1 fully saturated rings. The number of aromatic amines is 2. The highest BCUT2D eigenvalue weighted by molar-refractivity contribution is 5.91. The Hall–Kier alpha value is -6.38. The van der Waals surface area contributed by atoms with Gasteiger partial charge in [-0.05, 0) is 83.2 Å². The monoisotopic (exact) mass is 836 g/mol. The molecule has 5 N–H and O–H groups in total. The highest BCUT2D eigenvalue weighted by Gasteiger charge is 2.37. The number of carbonyl (C=O) groups is 4. The van der Waals surface area contributed by atoms with E-state index in [1.54, 1.807) is 63.9 Å². The lowest BCUT2D eigenvalue weighted by molar-refractivity contribution is -0.159. The summed E-state index contributed by atoms with van der Waals surface area (Å²) in [4.78, 5) is 68.6. The molecule has 1 saturated heterocycles. The van der Waals surface area contributed by atoms with Gasteiger partial charge in [0.2, 0.25) is 5.91 Å². The van der Waals surface area contributed by atoms with Gasteiger partial charge in [0, 0.05) is 68.1 Å². The SMILES string of the molecule is CC(C)(C)OC(=O)C(CCCCNC(=O)OCc1ccccc1)NC(=O)C(C)(C)c1cnc(C(Cc2c[nH]c3ccccc23)NC(=O)N2CCN(c3ccccc3F)CC2)[nH]1. The summed E-state index contributed by atoms with van der Waals surface area (Å²) in [7, 11) is 0. The minimum atomic E-state index is -1.19. The number of unbranched alkanes of at least 4 members (excludes halogenated alkanes) is 1. The summed E-state index contributed by atoms with van der Waals surface area (Å²) in [5, 5.41) is 9.85. The molecule has 4 amide bonds. The Morgan fingerprint density at radius 3 is 2.31 bits per heavy atom. The van der Waals surface area contributed by atoms with E-state index < -0.39 is 41.1 Å². The van der Waals surface area contributed by atoms with Crippen LogP contribution in [0.4, 0.5) is 19.7 Å². The van der Waals surface area contributed by atoms with Crippen LogP contribution in [0.3, 0.4) is 0 Å². The predicted molar refractivity (Wildman–Crippen MR) is 231 cm³/mol. The lowest BCUT2D eigenvalue weighted by Gasteiger charge is -2.36. The zero-order chi connectivity index (χ0) is 43.6. The van der Waals surface area contributed by atoms with Crippen molar-refractivity contribution in [3.05, 3.63) is 120 Å². The molecule has 0 spiro atoms. The van der Waals surface area contributed by atoms with Crippen LogP contribution in [-0.2, 0) is 37.5 Å². The molecule has 2 aromatic heterocycles. The molecule has 15 heteroatoms. The standard InChI is InChI=1S/C46H57FN8O6/c1-45(2,3)61-41(56)36(20-13-14-22-48-44(59)60-30-31-15-7-6-8-16-31)51-42(57)46(4,5)39-29-50-40(53-39)37(27-32-28-49-35-19-11-9-17-33(32)35)52-43(58)55-25-23-54(24-26-55)38-21-12-10-18-34(38)47/h6-12,15-19,21,28-29,36-37,49H,13-14,20,22-27,30H2,1-5H3,(H,48,59)(H,50,53)(H,51,57)(H,52,58). The Bertz CT molecular complexity index is 2260. The van der Waals surface area contributed by atoms with E-state index in [0.29, 0.717) is 69.2 Å². The first-order chi connectivity index (χ1) is 29.2. The number of esters is 1. The molecule has 3 heterocycles. The second kappa shape index (κ2) is 19.8. The number of para-hydroxylation sites is 2. The van der Waals surface area contributed by atoms with Crippen LogP contribution in [0.15, 0.2) is 91.3 Å². The number of imidazole rings is 1. The summed E-state index contributed by atoms with van der Waals surface area (Å²) in [6.07, 6.45) is 4.68. The highest BCUT2D eigenvalue weighted by Crippen LogP contribution is 2.28. The number of urea groups is 1. The number of hydrogen-bond acceptors (Lipinski definition) is 8. The number of nitrogens with zero attached hydrogens (tertiary/aromatic N) is 3. The number of hydrogen-bond donors (Lipinski definition) is 5. The van der Waals surface area contributed by atoms with Gasteiger partial charge in [0.25, 0.3) is 0 Å². The molecular weight excluding hydrogens is 780 g/mol. The molecule has 2 unspecified atom stereocenters. The third-order valence-electron chi connectivity index (χ3n) is 10.7. The third-order valence-corrected chi connectivity index (χ3v) is 10.7. The van der Waals surface area contributed by atoms with Crippen LogP contribution in [0.2, 0.25) is 0 Å². The van der Waals surface area contributed by atoms with Crippen LogP contribution in [0.1, 0.15) is 82.6 Å². The Balaban J connectivity index is 1.11. The van der Waals surface area contributed by atoms with Crippen LogP contribution < -0.4 is 20.9 Å². The maximum Gasteiger partial charge on any atom is 0.407 e. The molecule has 0 aliphatic carbocycles. The van der Waals surface area contributed by atoms with Gasteiger partial charge < -0.3 is 45.2 Å². The van der Waals surface area contributed by atoms with Crippen molar-refractivity contribution in [1.29, 1.82) is 0 Å². The number of anilines is 1. The fraction of sp³-hybridized carbons (Fsp3) is 0.413. The van der Waals surface area contributed by atoms with Crippen LogP contribution in [0.25, 0.3) is 10.9 Å². The number of benzene rings is 3.